The van der Waals surface area contributed by atoms with Crippen molar-refractivity contribution in [3.8, 4) is 10.6 Å². The number of fused-ring (bicyclic) bond motifs is 1. The second kappa shape index (κ2) is 5.52. The highest BCUT2D eigenvalue weighted by Gasteiger charge is 2.26. The van der Waals surface area contributed by atoms with Gasteiger partial charge in [0.1, 0.15) is 21.9 Å². The maximum Gasteiger partial charge on any atom is 0.263 e. The van der Waals surface area contributed by atoms with Crippen LogP contribution in [0.3, 0.4) is 0 Å². The van der Waals surface area contributed by atoms with Gasteiger partial charge >= 0.3 is 0 Å². The van der Waals surface area contributed by atoms with E-state index in [0.29, 0.717) is 47.3 Å². The van der Waals surface area contributed by atoms with Crippen LogP contribution in [0.1, 0.15) is 21.8 Å². The van der Waals surface area contributed by atoms with E-state index in [-0.39, 0.29) is 18.0 Å². The predicted molar refractivity (Wildman–Crippen MR) is 83.1 cm³/mol. The van der Waals surface area contributed by atoms with Crippen molar-refractivity contribution in [3.63, 3.8) is 0 Å². The van der Waals surface area contributed by atoms with Crippen molar-refractivity contribution in [3.05, 3.63) is 28.7 Å². The highest BCUT2D eigenvalue weighted by molar-refractivity contribution is 7.17. The average molecular weight is 336 g/mol. The topological polar surface area (TPSA) is 58.1 Å². The molecule has 0 aromatic carbocycles. The van der Waals surface area contributed by atoms with Crippen molar-refractivity contribution in [1.82, 2.24) is 15.3 Å². The van der Waals surface area contributed by atoms with Gasteiger partial charge in [-0.15, -0.1) is 11.3 Å². The number of aromatic nitrogens is 2. The minimum atomic E-state index is -0.885. The summed E-state index contributed by atoms with van der Waals surface area (Å²) in [6.45, 7) is 1.34. The number of anilines is 1. The number of hydrogen-bond acceptors (Lipinski definition) is 5. The number of pyridine rings is 1. The van der Waals surface area contributed by atoms with E-state index in [1.807, 2.05) is 0 Å². The zero-order chi connectivity index (χ0) is 16.0. The molecule has 5 nitrogen and oxygen atoms in total. The van der Waals surface area contributed by atoms with Gasteiger partial charge in [0.2, 0.25) is 5.95 Å². The first-order valence-corrected chi connectivity index (χ1v) is 8.27. The largest absolute Gasteiger partial charge is 0.353 e. The zero-order valence-electron chi connectivity index (χ0n) is 12.2. The summed E-state index contributed by atoms with van der Waals surface area (Å²) < 4.78 is 27.6. The minimum absolute atomic E-state index is 0.161. The Bertz CT molecular complexity index is 779. The van der Waals surface area contributed by atoms with E-state index >= 15 is 0 Å². The Morgan fingerprint density at radius 1 is 1.35 bits per heavy atom. The van der Waals surface area contributed by atoms with Crippen LogP contribution in [-0.4, -0.2) is 41.7 Å². The van der Waals surface area contributed by atoms with Gasteiger partial charge in [0.15, 0.2) is 0 Å². The summed E-state index contributed by atoms with van der Waals surface area (Å²) in [5.74, 6) is -0.368. The fraction of sp³-hybridized carbons (Fsp3) is 0.400. The fourth-order valence-corrected chi connectivity index (χ4v) is 3.92. The van der Waals surface area contributed by atoms with Crippen molar-refractivity contribution in [2.24, 2.45) is 0 Å². The molecule has 0 saturated carbocycles. The number of nitrogens with one attached hydrogen (secondary N) is 1. The number of rotatable bonds is 2. The lowest BCUT2D eigenvalue weighted by Crippen LogP contribution is -2.30. The average Bonchev–Trinajstić information content (AvgIpc) is 3.14. The molecule has 2 aromatic rings. The Balaban J connectivity index is 1.66. The van der Waals surface area contributed by atoms with Gasteiger partial charge in [-0.05, 0) is 18.6 Å². The van der Waals surface area contributed by atoms with E-state index in [9.17, 15) is 13.6 Å². The molecular formula is C15H14F2N4OS. The SMILES string of the molecule is O=C1NCCc2nc(-c3ccc(N4CCC(F)C4)nc3F)sc21. The molecule has 1 amide bonds. The lowest BCUT2D eigenvalue weighted by Gasteiger charge is -2.16. The first kappa shape index (κ1) is 14.5. The second-order valence-corrected chi connectivity index (χ2v) is 6.64. The van der Waals surface area contributed by atoms with E-state index < -0.39 is 12.1 Å². The third-order valence-corrected chi connectivity index (χ3v) is 5.20. The van der Waals surface area contributed by atoms with Gasteiger partial charge in [0.25, 0.3) is 5.91 Å². The first-order chi connectivity index (χ1) is 11.1. The molecule has 1 atom stereocenters. The number of alkyl halides is 1. The predicted octanol–water partition coefficient (Wildman–Crippen LogP) is 2.18. The molecule has 2 aromatic heterocycles. The first-order valence-electron chi connectivity index (χ1n) is 7.45. The van der Waals surface area contributed by atoms with E-state index in [2.05, 4.69) is 15.3 Å². The molecule has 120 valence electrons. The number of halogens is 2. The van der Waals surface area contributed by atoms with Crippen LogP contribution in [-0.2, 0) is 6.42 Å². The lowest BCUT2D eigenvalue weighted by molar-refractivity contribution is 0.0950. The summed E-state index contributed by atoms with van der Waals surface area (Å²) >= 11 is 1.17. The third kappa shape index (κ3) is 2.56. The second-order valence-electron chi connectivity index (χ2n) is 5.64. The van der Waals surface area contributed by atoms with Crippen LogP contribution in [0, 0.1) is 5.95 Å². The molecule has 8 heteroatoms. The molecule has 0 bridgehead atoms. The Hall–Kier alpha value is -2.09. The van der Waals surface area contributed by atoms with E-state index in [0.717, 1.165) is 0 Å². The normalized spacial score (nSPS) is 20.5. The van der Waals surface area contributed by atoms with Crippen molar-refractivity contribution < 1.29 is 13.6 Å². The minimum Gasteiger partial charge on any atom is -0.353 e. The summed E-state index contributed by atoms with van der Waals surface area (Å²) in [6, 6.07) is 3.28. The fourth-order valence-electron chi connectivity index (χ4n) is 2.87. The Kier molecular flexibility index (Phi) is 3.48. The molecule has 23 heavy (non-hydrogen) atoms. The number of carbonyl (C=O) groups is 1. The molecule has 4 heterocycles. The van der Waals surface area contributed by atoms with Gasteiger partial charge in [-0.25, -0.2) is 14.4 Å². The summed E-state index contributed by atoms with van der Waals surface area (Å²) in [5, 5.41) is 3.20. The Morgan fingerprint density at radius 3 is 2.91 bits per heavy atom. The van der Waals surface area contributed by atoms with Crippen molar-refractivity contribution >= 4 is 23.1 Å². The molecule has 1 fully saturated rings. The molecule has 0 aliphatic carbocycles. The maximum atomic E-state index is 14.4. The summed E-state index contributed by atoms with van der Waals surface area (Å²) in [5.41, 5.74) is 0.981. The number of amides is 1. The molecular weight excluding hydrogens is 322 g/mol. The van der Waals surface area contributed by atoms with Crippen molar-refractivity contribution in [1.29, 1.82) is 0 Å². The lowest BCUT2D eigenvalue weighted by atomic mass is 10.2. The Morgan fingerprint density at radius 2 is 2.22 bits per heavy atom. The molecule has 0 spiro atoms. The number of thiazole rings is 1. The van der Waals surface area contributed by atoms with Crippen LogP contribution in [0.2, 0.25) is 0 Å². The van der Waals surface area contributed by atoms with Crippen molar-refractivity contribution in [2.75, 3.05) is 24.5 Å². The molecule has 0 radical (unpaired) electrons. The molecule has 2 aliphatic rings. The van der Waals surface area contributed by atoms with Gasteiger partial charge < -0.3 is 10.2 Å². The van der Waals surface area contributed by atoms with Gasteiger partial charge in [-0.2, -0.15) is 4.39 Å². The molecule has 1 saturated heterocycles. The summed E-state index contributed by atoms with van der Waals surface area (Å²) in [4.78, 5) is 22.4. The number of hydrogen-bond donors (Lipinski definition) is 1. The van der Waals surface area contributed by atoms with Crippen LogP contribution in [0.5, 0.6) is 0 Å². The molecule has 2 aliphatic heterocycles. The highest BCUT2D eigenvalue weighted by atomic mass is 32.1. The third-order valence-electron chi connectivity index (χ3n) is 4.07. The monoisotopic (exact) mass is 336 g/mol. The van der Waals surface area contributed by atoms with Gasteiger partial charge in [0.05, 0.1) is 17.8 Å². The molecule has 4 rings (SSSR count). The van der Waals surface area contributed by atoms with Crippen LogP contribution in [0.25, 0.3) is 10.6 Å². The highest BCUT2D eigenvalue weighted by Crippen LogP contribution is 2.32. The number of carbonyl (C=O) groups excluding carboxylic acids is 1. The van der Waals surface area contributed by atoms with Crippen molar-refractivity contribution in [2.45, 2.75) is 19.0 Å². The quantitative estimate of drug-likeness (QED) is 0.854. The van der Waals surface area contributed by atoms with Crippen LogP contribution >= 0.6 is 11.3 Å². The van der Waals surface area contributed by atoms with Gasteiger partial charge in [-0.1, -0.05) is 0 Å². The van der Waals surface area contributed by atoms with E-state index in [1.165, 1.54) is 11.3 Å². The summed E-state index contributed by atoms with van der Waals surface area (Å²) in [7, 11) is 0. The molecule has 1 N–H and O–H groups in total. The van der Waals surface area contributed by atoms with Crippen LogP contribution < -0.4 is 10.2 Å². The van der Waals surface area contributed by atoms with Gasteiger partial charge in [-0.3, -0.25) is 4.79 Å². The van der Waals surface area contributed by atoms with E-state index in [1.54, 1.807) is 17.0 Å². The smallest absolute Gasteiger partial charge is 0.263 e. The summed E-state index contributed by atoms with van der Waals surface area (Å²) in [6.07, 6.45) is 0.208. The standard InChI is InChI=1S/C15H14F2N4OS/c16-8-4-6-21(7-8)11-2-1-9(13(17)20-11)15-19-10-3-5-18-14(22)12(10)23-15/h1-2,8H,3-7H2,(H,18,22). The maximum absolute atomic E-state index is 14.4. The van der Waals surface area contributed by atoms with E-state index in [4.69, 9.17) is 0 Å². The van der Waals surface area contributed by atoms with Crippen LogP contribution in [0.4, 0.5) is 14.6 Å². The zero-order valence-corrected chi connectivity index (χ0v) is 13.0. The Labute approximate surface area is 135 Å². The van der Waals surface area contributed by atoms with Crippen LogP contribution in [0.15, 0.2) is 12.1 Å². The number of nitrogens with zero attached hydrogens (tertiary/aromatic N) is 3. The molecule has 1 unspecified atom stereocenters. The van der Waals surface area contributed by atoms with Gasteiger partial charge in [0, 0.05) is 19.5 Å².